The summed E-state index contributed by atoms with van der Waals surface area (Å²) in [4.78, 5) is 23.5. The van der Waals surface area contributed by atoms with Crippen LogP contribution in [0.5, 0.6) is 11.5 Å². The van der Waals surface area contributed by atoms with Crippen LogP contribution in [-0.2, 0) is 11.4 Å². The van der Waals surface area contributed by atoms with Crippen LogP contribution in [-0.4, -0.2) is 24.1 Å². The maximum atomic E-state index is 12.5. The molecule has 33 heavy (non-hydrogen) atoms. The predicted octanol–water partition coefficient (Wildman–Crippen LogP) is 5.17. The highest BCUT2D eigenvalue weighted by atomic mass is 35.5. The van der Waals surface area contributed by atoms with Crippen molar-refractivity contribution in [3.63, 3.8) is 0 Å². The van der Waals surface area contributed by atoms with E-state index >= 15 is 0 Å². The van der Waals surface area contributed by atoms with E-state index in [-0.39, 0.29) is 16.2 Å². The molecule has 0 bridgehead atoms. The lowest BCUT2D eigenvalue weighted by Crippen LogP contribution is -2.13. The van der Waals surface area contributed by atoms with Crippen LogP contribution in [0.4, 0.5) is 5.69 Å². The molecule has 7 nitrogen and oxygen atoms in total. The van der Waals surface area contributed by atoms with Gasteiger partial charge in [-0.05, 0) is 53.6 Å². The quantitative estimate of drug-likeness (QED) is 0.353. The molecule has 1 amide bonds. The van der Waals surface area contributed by atoms with Crippen molar-refractivity contribution in [3.8, 4) is 17.6 Å². The third kappa shape index (κ3) is 6.12. The minimum atomic E-state index is -1.08. The maximum Gasteiger partial charge on any atom is 0.335 e. The lowest BCUT2D eigenvalue weighted by Gasteiger charge is -2.13. The molecule has 2 N–H and O–H groups in total. The number of nitriles is 1. The van der Waals surface area contributed by atoms with Gasteiger partial charge in [-0.2, -0.15) is 5.26 Å². The van der Waals surface area contributed by atoms with Gasteiger partial charge in [0.1, 0.15) is 18.2 Å². The predicted molar refractivity (Wildman–Crippen MR) is 124 cm³/mol. The number of amides is 1. The van der Waals surface area contributed by atoms with Gasteiger partial charge < -0.3 is 19.9 Å². The number of anilines is 1. The molecule has 0 fully saturated rings. The summed E-state index contributed by atoms with van der Waals surface area (Å²) in [5.41, 5.74) is 1.69. The number of aromatic carboxylic acids is 1. The van der Waals surface area contributed by atoms with E-state index in [1.165, 1.54) is 37.5 Å². The van der Waals surface area contributed by atoms with Crippen molar-refractivity contribution in [2.24, 2.45) is 0 Å². The standard InChI is InChI=1S/C25H19ClN2O5/c1-32-22-13-17(12-21(26)23(22)33-15-16-5-3-2-4-6-16)11-19(14-27)24(29)28-20-9-7-18(8-10-20)25(30)31/h2-13H,15H2,1H3,(H,28,29)(H,30,31)/b19-11+. The number of nitrogens with one attached hydrogen (secondary N) is 1. The number of ether oxygens (including phenoxy) is 2. The molecule has 3 aromatic rings. The summed E-state index contributed by atoms with van der Waals surface area (Å²) in [6.45, 7) is 0.290. The smallest absolute Gasteiger partial charge is 0.335 e. The van der Waals surface area contributed by atoms with E-state index in [0.29, 0.717) is 29.4 Å². The number of carboxylic acid groups (broad SMARTS) is 1. The Kier molecular flexibility index (Phi) is 7.68. The molecule has 0 radical (unpaired) electrons. The molecule has 8 heteroatoms. The van der Waals surface area contributed by atoms with Crippen molar-refractivity contribution in [2.45, 2.75) is 6.61 Å². The zero-order valence-corrected chi connectivity index (χ0v) is 18.3. The van der Waals surface area contributed by atoms with Crippen LogP contribution in [0.15, 0.2) is 72.3 Å². The molecule has 0 saturated carbocycles. The van der Waals surface area contributed by atoms with E-state index < -0.39 is 11.9 Å². The van der Waals surface area contributed by atoms with Gasteiger partial charge in [0.05, 0.1) is 17.7 Å². The van der Waals surface area contributed by atoms with E-state index in [2.05, 4.69) is 5.32 Å². The minimum Gasteiger partial charge on any atom is -0.493 e. The summed E-state index contributed by atoms with van der Waals surface area (Å²) in [7, 11) is 1.47. The van der Waals surface area contributed by atoms with Gasteiger partial charge in [0.2, 0.25) is 0 Å². The largest absolute Gasteiger partial charge is 0.493 e. The van der Waals surface area contributed by atoms with Gasteiger partial charge in [-0.1, -0.05) is 41.9 Å². The summed E-state index contributed by atoms with van der Waals surface area (Å²) >= 11 is 6.39. The summed E-state index contributed by atoms with van der Waals surface area (Å²) in [6, 6.07) is 20.2. The summed E-state index contributed by atoms with van der Waals surface area (Å²) < 4.78 is 11.2. The van der Waals surface area contributed by atoms with E-state index in [9.17, 15) is 14.9 Å². The molecule has 0 aliphatic rings. The fourth-order valence-electron chi connectivity index (χ4n) is 2.90. The van der Waals surface area contributed by atoms with Gasteiger partial charge in [0.25, 0.3) is 5.91 Å². The number of carbonyl (C=O) groups excluding carboxylic acids is 1. The van der Waals surface area contributed by atoms with Crippen LogP contribution < -0.4 is 14.8 Å². The molecule has 0 atom stereocenters. The molecule has 0 heterocycles. The van der Waals surface area contributed by atoms with Crippen LogP contribution in [0.2, 0.25) is 5.02 Å². The zero-order valence-electron chi connectivity index (χ0n) is 17.5. The molecule has 0 aliphatic heterocycles. The number of nitrogens with zero attached hydrogens (tertiary/aromatic N) is 1. The fraction of sp³-hybridized carbons (Fsp3) is 0.0800. The average molecular weight is 463 g/mol. The summed E-state index contributed by atoms with van der Waals surface area (Å²) in [5.74, 6) is -1.03. The van der Waals surface area contributed by atoms with Gasteiger partial charge in [-0.25, -0.2) is 4.79 Å². The molecule has 0 aliphatic carbocycles. The first-order chi connectivity index (χ1) is 15.9. The third-order valence-corrected chi connectivity index (χ3v) is 4.82. The Labute approximate surface area is 195 Å². The first kappa shape index (κ1) is 23.4. The zero-order chi connectivity index (χ0) is 23.8. The lowest BCUT2D eigenvalue weighted by atomic mass is 10.1. The van der Waals surface area contributed by atoms with Gasteiger partial charge in [-0.15, -0.1) is 0 Å². The molecular formula is C25H19ClN2O5. The van der Waals surface area contributed by atoms with Gasteiger partial charge >= 0.3 is 5.97 Å². The van der Waals surface area contributed by atoms with Crippen molar-refractivity contribution in [1.82, 2.24) is 0 Å². The Morgan fingerprint density at radius 2 is 1.82 bits per heavy atom. The Hall–Kier alpha value is -4.28. The van der Waals surface area contributed by atoms with E-state index in [1.807, 2.05) is 36.4 Å². The Morgan fingerprint density at radius 1 is 1.12 bits per heavy atom. The number of benzene rings is 3. The molecule has 0 saturated heterocycles. The molecule has 3 rings (SSSR count). The number of methoxy groups -OCH3 is 1. The first-order valence-electron chi connectivity index (χ1n) is 9.72. The highest BCUT2D eigenvalue weighted by molar-refractivity contribution is 6.32. The normalized spacial score (nSPS) is 10.8. The molecule has 166 valence electrons. The number of hydrogen-bond donors (Lipinski definition) is 2. The highest BCUT2D eigenvalue weighted by Gasteiger charge is 2.15. The van der Waals surface area contributed by atoms with Crippen LogP contribution in [0.25, 0.3) is 6.08 Å². The highest BCUT2D eigenvalue weighted by Crippen LogP contribution is 2.37. The second kappa shape index (κ2) is 10.8. The van der Waals surface area contributed by atoms with Crippen molar-refractivity contribution in [2.75, 3.05) is 12.4 Å². The monoisotopic (exact) mass is 462 g/mol. The van der Waals surface area contributed by atoms with Gasteiger partial charge in [0, 0.05) is 5.69 Å². The van der Waals surface area contributed by atoms with Gasteiger partial charge in [-0.3, -0.25) is 4.79 Å². The first-order valence-corrected chi connectivity index (χ1v) is 10.1. The minimum absolute atomic E-state index is 0.0837. The lowest BCUT2D eigenvalue weighted by molar-refractivity contribution is -0.112. The number of rotatable bonds is 8. The van der Waals surface area contributed by atoms with Crippen LogP contribution in [0, 0.1) is 11.3 Å². The molecule has 0 aromatic heterocycles. The van der Waals surface area contributed by atoms with E-state index in [1.54, 1.807) is 12.1 Å². The topological polar surface area (TPSA) is 109 Å². The van der Waals surface area contributed by atoms with Crippen LogP contribution >= 0.6 is 11.6 Å². The molecule has 0 unspecified atom stereocenters. The van der Waals surface area contributed by atoms with E-state index in [4.69, 9.17) is 26.2 Å². The summed E-state index contributed by atoms with van der Waals surface area (Å²) in [5, 5.41) is 21.2. The Morgan fingerprint density at radius 3 is 2.42 bits per heavy atom. The molecule has 3 aromatic carbocycles. The Bertz CT molecular complexity index is 1230. The number of carboxylic acids is 1. The average Bonchev–Trinajstić information content (AvgIpc) is 2.82. The number of halogens is 1. The van der Waals surface area contributed by atoms with Crippen molar-refractivity contribution in [1.29, 1.82) is 5.26 Å². The van der Waals surface area contributed by atoms with Crippen molar-refractivity contribution >= 4 is 35.2 Å². The van der Waals surface area contributed by atoms with E-state index in [0.717, 1.165) is 5.56 Å². The van der Waals surface area contributed by atoms with Crippen molar-refractivity contribution in [3.05, 3.63) is 94.0 Å². The van der Waals surface area contributed by atoms with Gasteiger partial charge in [0.15, 0.2) is 11.5 Å². The van der Waals surface area contributed by atoms with Crippen LogP contribution in [0.3, 0.4) is 0 Å². The third-order valence-electron chi connectivity index (χ3n) is 4.54. The molecule has 0 spiro atoms. The number of carbonyl (C=O) groups is 2. The van der Waals surface area contributed by atoms with Crippen molar-refractivity contribution < 1.29 is 24.2 Å². The summed E-state index contributed by atoms with van der Waals surface area (Å²) in [6.07, 6.45) is 1.37. The molecular weight excluding hydrogens is 444 g/mol. The second-order valence-electron chi connectivity index (χ2n) is 6.81. The van der Waals surface area contributed by atoms with Crippen LogP contribution in [0.1, 0.15) is 21.5 Å². The SMILES string of the molecule is COc1cc(/C=C(\C#N)C(=O)Nc2ccc(C(=O)O)cc2)cc(Cl)c1OCc1ccccc1. The Balaban J connectivity index is 1.79. The maximum absolute atomic E-state index is 12.5. The second-order valence-corrected chi connectivity index (χ2v) is 7.22. The fourth-order valence-corrected chi connectivity index (χ4v) is 3.18. The number of hydrogen-bond acceptors (Lipinski definition) is 5.